The van der Waals surface area contributed by atoms with Crippen molar-refractivity contribution >= 4 is 48.5 Å². The molecule has 6 rings (SSSR count). The molecule has 31 heavy (non-hydrogen) atoms. The fourth-order valence-electron chi connectivity index (χ4n) is 4.36. The SMILES string of the molecule is Brc1cccc(-c2cccc(-c3ccc4c(c3)c3ccccc3c3nccnc43)c2)c1. The standard InChI is InChI=1S/C28H17BrN2/c29-22-8-4-7-20(16-22)18-5-3-6-19(15-18)21-11-12-25-26(17-21)23-9-1-2-10-24(23)27-28(25)31-14-13-30-27/h1-17H. The highest BCUT2D eigenvalue weighted by Crippen LogP contribution is 2.36. The zero-order valence-electron chi connectivity index (χ0n) is 16.6. The van der Waals surface area contributed by atoms with Gasteiger partial charge >= 0.3 is 0 Å². The van der Waals surface area contributed by atoms with Crippen molar-refractivity contribution in [1.82, 2.24) is 9.97 Å². The number of fused-ring (bicyclic) bond motifs is 6. The van der Waals surface area contributed by atoms with E-state index in [2.05, 4.69) is 117 Å². The minimum absolute atomic E-state index is 0.950. The molecular formula is C28H17BrN2. The Bertz CT molecular complexity index is 1570. The van der Waals surface area contributed by atoms with Gasteiger partial charge in [-0.25, -0.2) is 0 Å². The molecule has 2 nitrogen and oxygen atoms in total. The van der Waals surface area contributed by atoms with Crippen LogP contribution in [-0.2, 0) is 0 Å². The molecule has 146 valence electrons. The van der Waals surface area contributed by atoms with Gasteiger partial charge in [-0.15, -0.1) is 0 Å². The predicted molar refractivity (Wildman–Crippen MR) is 133 cm³/mol. The molecule has 0 bridgehead atoms. The van der Waals surface area contributed by atoms with Crippen LogP contribution in [0.25, 0.3) is 54.8 Å². The van der Waals surface area contributed by atoms with Gasteiger partial charge in [-0.1, -0.05) is 82.7 Å². The molecule has 5 aromatic carbocycles. The molecular weight excluding hydrogens is 444 g/mol. The normalized spacial score (nSPS) is 11.4. The summed E-state index contributed by atoms with van der Waals surface area (Å²) in [6.07, 6.45) is 3.54. The van der Waals surface area contributed by atoms with Crippen LogP contribution >= 0.6 is 15.9 Å². The second kappa shape index (κ2) is 7.29. The van der Waals surface area contributed by atoms with Crippen molar-refractivity contribution in [3.63, 3.8) is 0 Å². The molecule has 0 spiro atoms. The molecule has 1 aromatic heterocycles. The maximum atomic E-state index is 4.66. The Kier molecular flexibility index (Phi) is 4.29. The molecule has 0 N–H and O–H groups in total. The first-order chi connectivity index (χ1) is 15.3. The van der Waals surface area contributed by atoms with Crippen LogP contribution < -0.4 is 0 Å². The molecule has 0 saturated carbocycles. The summed E-state index contributed by atoms with van der Waals surface area (Å²) in [5.74, 6) is 0. The van der Waals surface area contributed by atoms with Gasteiger partial charge in [0.05, 0.1) is 11.0 Å². The van der Waals surface area contributed by atoms with Gasteiger partial charge < -0.3 is 0 Å². The molecule has 0 fully saturated rings. The minimum atomic E-state index is 0.950. The number of nitrogens with zero attached hydrogens (tertiary/aromatic N) is 2. The highest BCUT2D eigenvalue weighted by Gasteiger charge is 2.11. The Labute approximate surface area is 188 Å². The van der Waals surface area contributed by atoms with Crippen LogP contribution in [0.2, 0.25) is 0 Å². The van der Waals surface area contributed by atoms with Crippen LogP contribution in [0.15, 0.2) is 108 Å². The van der Waals surface area contributed by atoms with E-state index in [1.54, 1.807) is 12.4 Å². The van der Waals surface area contributed by atoms with E-state index >= 15 is 0 Å². The highest BCUT2D eigenvalue weighted by atomic mass is 79.9. The van der Waals surface area contributed by atoms with Gasteiger partial charge in [0.15, 0.2) is 0 Å². The van der Waals surface area contributed by atoms with Crippen molar-refractivity contribution in [3.8, 4) is 22.3 Å². The van der Waals surface area contributed by atoms with Crippen molar-refractivity contribution in [2.75, 3.05) is 0 Å². The zero-order valence-corrected chi connectivity index (χ0v) is 18.2. The van der Waals surface area contributed by atoms with E-state index in [0.717, 1.165) is 26.3 Å². The first kappa shape index (κ1) is 18.2. The van der Waals surface area contributed by atoms with Gasteiger partial charge in [-0.3, -0.25) is 9.97 Å². The summed E-state index contributed by atoms with van der Waals surface area (Å²) in [4.78, 5) is 9.28. The fourth-order valence-corrected chi connectivity index (χ4v) is 4.76. The molecule has 0 aliphatic carbocycles. The third kappa shape index (κ3) is 3.09. The Balaban J connectivity index is 1.59. The van der Waals surface area contributed by atoms with Gasteiger partial charge in [0.25, 0.3) is 0 Å². The molecule has 0 atom stereocenters. The number of hydrogen-bond acceptors (Lipinski definition) is 2. The average molecular weight is 461 g/mol. The zero-order chi connectivity index (χ0) is 20.8. The van der Waals surface area contributed by atoms with E-state index in [0.29, 0.717) is 0 Å². The molecule has 0 saturated heterocycles. The number of aromatic nitrogens is 2. The summed E-state index contributed by atoms with van der Waals surface area (Å²) in [5.41, 5.74) is 6.69. The molecule has 0 aliphatic heterocycles. The lowest BCUT2D eigenvalue weighted by atomic mass is 9.94. The Hall–Kier alpha value is -3.56. The lowest BCUT2D eigenvalue weighted by Crippen LogP contribution is -1.89. The predicted octanol–water partition coefficient (Wildman–Crippen LogP) is 8.03. The van der Waals surface area contributed by atoms with Crippen molar-refractivity contribution in [2.24, 2.45) is 0 Å². The lowest BCUT2D eigenvalue weighted by Gasteiger charge is -2.11. The van der Waals surface area contributed by atoms with Crippen molar-refractivity contribution in [3.05, 3.63) is 108 Å². The maximum absolute atomic E-state index is 4.66. The Morgan fingerprint density at radius 3 is 1.74 bits per heavy atom. The summed E-state index contributed by atoms with van der Waals surface area (Å²) < 4.78 is 1.08. The molecule has 0 radical (unpaired) electrons. The van der Waals surface area contributed by atoms with Gasteiger partial charge in [-0.2, -0.15) is 0 Å². The molecule has 3 heteroatoms. The van der Waals surface area contributed by atoms with Crippen molar-refractivity contribution in [2.45, 2.75) is 0 Å². The second-order valence-electron chi connectivity index (χ2n) is 7.65. The van der Waals surface area contributed by atoms with E-state index in [1.165, 1.54) is 33.0 Å². The highest BCUT2D eigenvalue weighted by molar-refractivity contribution is 9.10. The lowest BCUT2D eigenvalue weighted by molar-refractivity contribution is 1.31. The summed E-state index contributed by atoms with van der Waals surface area (Å²) in [6.45, 7) is 0. The monoisotopic (exact) mass is 460 g/mol. The minimum Gasteiger partial charge on any atom is -0.252 e. The summed E-state index contributed by atoms with van der Waals surface area (Å²) in [5, 5.41) is 4.68. The smallest absolute Gasteiger partial charge is 0.0971 e. The summed E-state index contributed by atoms with van der Waals surface area (Å²) in [7, 11) is 0. The van der Waals surface area contributed by atoms with E-state index in [4.69, 9.17) is 0 Å². The van der Waals surface area contributed by atoms with E-state index in [9.17, 15) is 0 Å². The van der Waals surface area contributed by atoms with Gasteiger partial charge in [-0.05, 0) is 57.3 Å². The number of halogens is 1. The molecule has 1 heterocycles. The molecule has 0 amide bonds. The molecule has 0 unspecified atom stereocenters. The molecule has 6 aromatic rings. The van der Waals surface area contributed by atoms with Crippen molar-refractivity contribution < 1.29 is 0 Å². The third-order valence-electron chi connectivity index (χ3n) is 5.80. The fraction of sp³-hybridized carbons (Fsp3) is 0. The van der Waals surface area contributed by atoms with Crippen LogP contribution in [0, 0.1) is 0 Å². The number of hydrogen-bond donors (Lipinski definition) is 0. The van der Waals surface area contributed by atoms with Gasteiger partial charge in [0.2, 0.25) is 0 Å². The second-order valence-corrected chi connectivity index (χ2v) is 8.57. The van der Waals surface area contributed by atoms with Crippen LogP contribution in [0.3, 0.4) is 0 Å². The van der Waals surface area contributed by atoms with Crippen molar-refractivity contribution in [1.29, 1.82) is 0 Å². The topological polar surface area (TPSA) is 25.8 Å². The Morgan fingerprint density at radius 1 is 0.452 bits per heavy atom. The molecule has 0 aliphatic rings. The first-order valence-electron chi connectivity index (χ1n) is 10.2. The van der Waals surface area contributed by atoms with E-state index in [-0.39, 0.29) is 0 Å². The van der Waals surface area contributed by atoms with Gasteiger partial charge in [0.1, 0.15) is 0 Å². The largest absolute Gasteiger partial charge is 0.252 e. The van der Waals surface area contributed by atoms with Crippen LogP contribution in [0.1, 0.15) is 0 Å². The summed E-state index contributed by atoms with van der Waals surface area (Å²) >= 11 is 3.58. The maximum Gasteiger partial charge on any atom is 0.0971 e. The van der Waals surface area contributed by atoms with Crippen LogP contribution in [0.4, 0.5) is 0 Å². The number of benzene rings is 5. The van der Waals surface area contributed by atoms with Crippen LogP contribution in [0.5, 0.6) is 0 Å². The Morgan fingerprint density at radius 2 is 1.03 bits per heavy atom. The summed E-state index contributed by atoms with van der Waals surface area (Å²) in [6, 6.07) is 32.2. The van der Waals surface area contributed by atoms with E-state index in [1.807, 2.05) is 0 Å². The third-order valence-corrected chi connectivity index (χ3v) is 6.29. The van der Waals surface area contributed by atoms with Gasteiger partial charge in [0, 0.05) is 27.6 Å². The van der Waals surface area contributed by atoms with E-state index < -0.39 is 0 Å². The first-order valence-corrected chi connectivity index (χ1v) is 11.0. The van der Waals surface area contributed by atoms with Crippen LogP contribution in [-0.4, -0.2) is 9.97 Å². The average Bonchev–Trinajstić information content (AvgIpc) is 2.84. The number of rotatable bonds is 2. The quantitative estimate of drug-likeness (QED) is 0.244.